The van der Waals surface area contributed by atoms with Crippen LogP contribution in [0.1, 0.15) is 57.1 Å². The standard InChI is InChI=1S/C24H37N3O3S/c1-24(2,28)11-10-18-8-9-23-22(14-18)19(16-25-23)15-20-6-4-12-26(20)17-21-7-5-13-27(21)31(3,29)30/h8-9,14,16,20-21,25,28H,4-7,10-13,15,17H2,1-3H3/t20-,21+/m1/s1. The molecule has 2 N–H and O–H groups in total. The van der Waals surface area contributed by atoms with Crippen LogP contribution < -0.4 is 0 Å². The summed E-state index contributed by atoms with van der Waals surface area (Å²) >= 11 is 0. The van der Waals surface area contributed by atoms with Gasteiger partial charge in [-0.2, -0.15) is 4.31 Å². The minimum Gasteiger partial charge on any atom is -0.390 e. The number of H-pyrrole nitrogens is 1. The second-order valence-corrected chi connectivity index (χ2v) is 12.1. The van der Waals surface area contributed by atoms with Gasteiger partial charge in [-0.1, -0.05) is 6.07 Å². The molecule has 2 aliphatic rings. The smallest absolute Gasteiger partial charge is 0.211 e. The zero-order chi connectivity index (χ0) is 22.2. The zero-order valence-corrected chi connectivity index (χ0v) is 19.9. The van der Waals surface area contributed by atoms with E-state index >= 15 is 0 Å². The molecule has 1 aromatic carbocycles. The molecule has 0 unspecified atom stereocenters. The Morgan fingerprint density at radius 2 is 1.90 bits per heavy atom. The van der Waals surface area contributed by atoms with Gasteiger partial charge in [0.2, 0.25) is 10.0 Å². The second kappa shape index (κ2) is 8.85. The maximum Gasteiger partial charge on any atom is 0.211 e. The van der Waals surface area contributed by atoms with Crippen LogP contribution in [0.3, 0.4) is 0 Å². The third kappa shape index (κ3) is 5.51. The molecule has 0 amide bonds. The van der Waals surface area contributed by atoms with Gasteiger partial charge < -0.3 is 10.1 Å². The van der Waals surface area contributed by atoms with Crippen LogP contribution in [0.15, 0.2) is 24.4 Å². The van der Waals surface area contributed by atoms with Crippen molar-refractivity contribution in [1.29, 1.82) is 0 Å². The normalized spacial score (nSPS) is 23.9. The first-order valence-electron chi connectivity index (χ1n) is 11.6. The maximum atomic E-state index is 12.1. The average Bonchev–Trinajstić information content (AvgIpc) is 3.41. The van der Waals surface area contributed by atoms with E-state index in [9.17, 15) is 13.5 Å². The number of nitrogens with one attached hydrogen (secondary N) is 1. The fraction of sp³-hybridized carbons (Fsp3) is 0.667. The number of sulfonamides is 1. The van der Waals surface area contributed by atoms with Crippen molar-refractivity contribution in [2.24, 2.45) is 0 Å². The highest BCUT2D eigenvalue weighted by Gasteiger charge is 2.35. The lowest BCUT2D eigenvalue weighted by molar-refractivity contribution is 0.0714. The predicted octanol–water partition coefficient (Wildman–Crippen LogP) is 3.30. The first-order valence-corrected chi connectivity index (χ1v) is 13.5. The maximum absolute atomic E-state index is 12.1. The summed E-state index contributed by atoms with van der Waals surface area (Å²) in [6, 6.07) is 7.14. The van der Waals surface area contributed by atoms with Crippen LogP contribution in [0.2, 0.25) is 0 Å². The van der Waals surface area contributed by atoms with Crippen LogP contribution in [0.4, 0.5) is 0 Å². The van der Waals surface area contributed by atoms with Gasteiger partial charge in [-0.15, -0.1) is 0 Å². The third-order valence-corrected chi connectivity index (χ3v) is 8.34. The summed E-state index contributed by atoms with van der Waals surface area (Å²) in [5.41, 5.74) is 3.10. The van der Waals surface area contributed by atoms with E-state index in [4.69, 9.17) is 0 Å². The first-order chi connectivity index (χ1) is 14.6. The summed E-state index contributed by atoms with van der Waals surface area (Å²) in [6.45, 7) is 6.28. The van der Waals surface area contributed by atoms with Crippen molar-refractivity contribution in [2.45, 2.75) is 76.5 Å². The first kappa shape index (κ1) is 22.8. The number of aromatic nitrogens is 1. The Morgan fingerprint density at radius 3 is 2.65 bits per heavy atom. The molecule has 2 aliphatic heterocycles. The van der Waals surface area contributed by atoms with E-state index in [1.807, 2.05) is 13.8 Å². The highest BCUT2D eigenvalue weighted by Crippen LogP contribution is 2.29. The molecular formula is C24H37N3O3S. The minimum absolute atomic E-state index is 0.118. The fourth-order valence-corrected chi connectivity index (χ4v) is 6.49. The third-order valence-electron chi connectivity index (χ3n) is 7.01. The van der Waals surface area contributed by atoms with E-state index < -0.39 is 15.6 Å². The molecule has 0 bridgehead atoms. The fourth-order valence-electron chi connectivity index (χ4n) is 5.32. The van der Waals surface area contributed by atoms with Crippen LogP contribution in [-0.4, -0.2) is 71.3 Å². The van der Waals surface area contributed by atoms with Gasteiger partial charge in [-0.25, -0.2) is 8.42 Å². The molecule has 172 valence electrons. The zero-order valence-electron chi connectivity index (χ0n) is 19.1. The van der Waals surface area contributed by atoms with Gasteiger partial charge in [0, 0.05) is 42.3 Å². The van der Waals surface area contributed by atoms with Crippen molar-refractivity contribution in [3.8, 4) is 0 Å². The SMILES string of the molecule is CC(C)(O)CCc1ccc2[nH]cc(C[C@H]3CCCN3C[C@@H]3CCCN3S(C)(=O)=O)c2c1. The molecule has 0 radical (unpaired) electrons. The van der Waals surface area contributed by atoms with Crippen LogP contribution in [-0.2, 0) is 22.9 Å². The summed E-state index contributed by atoms with van der Waals surface area (Å²) in [6.07, 6.45) is 10.3. The minimum atomic E-state index is -3.13. The second-order valence-electron chi connectivity index (χ2n) is 10.2. The van der Waals surface area contributed by atoms with Crippen LogP contribution in [0.5, 0.6) is 0 Å². The van der Waals surface area contributed by atoms with E-state index in [2.05, 4.69) is 34.3 Å². The predicted molar refractivity (Wildman–Crippen MR) is 126 cm³/mol. The van der Waals surface area contributed by atoms with Crippen LogP contribution in [0.25, 0.3) is 10.9 Å². The summed E-state index contributed by atoms with van der Waals surface area (Å²) < 4.78 is 26.0. The van der Waals surface area contributed by atoms with E-state index in [0.717, 1.165) is 57.1 Å². The van der Waals surface area contributed by atoms with Crippen molar-refractivity contribution in [3.63, 3.8) is 0 Å². The van der Waals surface area contributed by atoms with Gasteiger partial charge in [0.25, 0.3) is 0 Å². The van der Waals surface area contributed by atoms with Gasteiger partial charge >= 0.3 is 0 Å². The molecule has 7 heteroatoms. The molecule has 4 rings (SSSR count). The van der Waals surface area contributed by atoms with Crippen molar-refractivity contribution < 1.29 is 13.5 Å². The summed E-state index contributed by atoms with van der Waals surface area (Å²) in [4.78, 5) is 5.94. The number of likely N-dealkylation sites (tertiary alicyclic amines) is 1. The van der Waals surface area contributed by atoms with Crippen molar-refractivity contribution in [3.05, 3.63) is 35.5 Å². The van der Waals surface area contributed by atoms with Crippen molar-refractivity contribution in [2.75, 3.05) is 25.9 Å². The number of fused-ring (bicyclic) bond motifs is 1. The summed E-state index contributed by atoms with van der Waals surface area (Å²) in [5.74, 6) is 0. The molecule has 1 aromatic heterocycles. The topological polar surface area (TPSA) is 76.6 Å². The Morgan fingerprint density at radius 1 is 1.16 bits per heavy atom. The molecule has 3 heterocycles. The number of aromatic amines is 1. The number of rotatable bonds is 8. The van der Waals surface area contributed by atoms with E-state index in [-0.39, 0.29) is 6.04 Å². The van der Waals surface area contributed by atoms with Gasteiger partial charge in [0.1, 0.15) is 0 Å². The molecule has 0 spiro atoms. The largest absolute Gasteiger partial charge is 0.390 e. The molecule has 2 atom stereocenters. The Hall–Kier alpha value is -1.41. The van der Waals surface area contributed by atoms with E-state index in [1.165, 1.54) is 29.2 Å². The Bertz CT molecular complexity index is 1010. The molecule has 6 nitrogen and oxygen atoms in total. The summed E-state index contributed by atoms with van der Waals surface area (Å²) in [7, 11) is -3.13. The highest BCUT2D eigenvalue weighted by atomic mass is 32.2. The molecule has 2 aromatic rings. The van der Waals surface area contributed by atoms with Gasteiger partial charge in [-0.05, 0) is 88.6 Å². The number of aryl methyl sites for hydroxylation is 1. The number of hydrogen-bond acceptors (Lipinski definition) is 4. The van der Waals surface area contributed by atoms with Gasteiger partial charge in [0.15, 0.2) is 0 Å². The lowest BCUT2D eigenvalue weighted by Gasteiger charge is -2.30. The van der Waals surface area contributed by atoms with E-state index in [0.29, 0.717) is 12.6 Å². The molecule has 2 fully saturated rings. The Kier molecular flexibility index (Phi) is 6.50. The van der Waals surface area contributed by atoms with Crippen LogP contribution >= 0.6 is 0 Å². The number of nitrogens with zero attached hydrogens (tertiary/aromatic N) is 2. The number of hydrogen-bond donors (Lipinski definition) is 2. The number of aliphatic hydroxyl groups is 1. The van der Waals surface area contributed by atoms with Crippen molar-refractivity contribution in [1.82, 2.24) is 14.2 Å². The van der Waals surface area contributed by atoms with Crippen molar-refractivity contribution >= 4 is 20.9 Å². The highest BCUT2D eigenvalue weighted by molar-refractivity contribution is 7.88. The summed E-state index contributed by atoms with van der Waals surface area (Å²) in [5, 5.41) is 11.3. The monoisotopic (exact) mass is 447 g/mol. The van der Waals surface area contributed by atoms with E-state index in [1.54, 1.807) is 4.31 Å². The average molecular weight is 448 g/mol. The Balaban J connectivity index is 1.46. The molecule has 0 aliphatic carbocycles. The molecule has 0 saturated carbocycles. The van der Waals surface area contributed by atoms with Crippen LogP contribution in [0, 0.1) is 0 Å². The lowest BCUT2D eigenvalue weighted by Crippen LogP contribution is -2.44. The lowest BCUT2D eigenvalue weighted by atomic mass is 9.96. The molecular weight excluding hydrogens is 410 g/mol. The molecule has 2 saturated heterocycles. The number of benzene rings is 1. The van der Waals surface area contributed by atoms with Gasteiger partial charge in [-0.3, -0.25) is 4.90 Å². The Labute approximate surface area is 186 Å². The van der Waals surface area contributed by atoms with Gasteiger partial charge in [0.05, 0.1) is 11.9 Å². The molecule has 31 heavy (non-hydrogen) atoms. The quantitative estimate of drug-likeness (QED) is 0.651.